The number of hydrogen-bond donors (Lipinski definition) is 0. The van der Waals surface area contributed by atoms with Crippen molar-refractivity contribution in [3.05, 3.63) is 0 Å². The molecule has 0 aliphatic carbocycles. The molecule has 0 aromatic carbocycles. The summed E-state index contributed by atoms with van der Waals surface area (Å²) in [5.74, 6) is 0. The first kappa shape index (κ1) is 14.9. The Balaban J connectivity index is 4.10. The molecule has 2 heteroatoms. The predicted molar refractivity (Wildman–Crippen MR) is 65.2 cm³/mol. The maximum atomic E-state index is 5.88. The molecule has 0 fully saturated rings. The fraction of sp³-hybridized carbons (Fsp3) is 1.00. The van der Waals surface area contributed by atoms with Crippen LogP contribution in [0.3, 0.4) is 0 Å². The first-order valence-electron chi connectivity index (χ1n) is 5.87. The van der Waals surface area contributed by atoms with Crippen molar-refractivity contribution in [2.75, 3.05) is 0 Å². The summed E-state index contributed by atoms with van der Waals surface area (Å²) in [6, 6.07) is 0. The standard InChI is InChI=1S/C13H28O2/c1-10(2)14-13(7,8)9-11(3)15-12(4,5)6/h10-11H,9H2,1-8H3. The van der Waals surface area contributed by atoms with Crippen LogP contribution in [0.5, 0.6) is 0 Å². The van der Waals surface area contributed by atoms with Crippen LogP contribution in [0, 0.1) is 0 Å². The SMILES string of the molecule is CC(C)OC(C)(C)CC(C)OC(C)(C)C. The molecule has 0 N–H and O–H groups in total. The molecule has 0 rings (SSSR count). The van der Waals surface area contributed by atoms with E-state index in [1.165, 1.54) is 0 Å². The lowest BCUT2D eigenvalue weighted by molar-refractivity contribution is -0.115. The maximum Gasteiger partial charge on any atom is 0.0654 e. The van der Waals surface area contributed by atoms with Crippen molar-refractivity contribution in [3.8, 4) is 0 Å². The van der Waals surface area contributed by atoms with Gasteiger partial charge in [0.25, 0.3) is 0 Å². The van der Waals surface area contributed by atoms with E-state index in [2.05, 4.69) is 55.4 Å². The lowest BCUT2D eigenvalue weighted by Gasteiger charge is -2.33. The monoisotopic (exact) mass is 216 g/mol. The van der Waals surface area contributed by atoms with E-state index in [9.17, 15) is 0 Å². The van der Waals surface area contributed by atoms with Crippen molar-refractivity contribution in [1.82, 2.24) is 0 Å². The highest BCUT2D eigenvalue weighted by atomic mass is 16.5. The Hall–Kier alpha value is -0.0800. The van der Waals surface area contributed by atoms with Gasteiger partial charge in [-0.1, -0.05) is 0 Å². The first-order chi connectivity index (χ1) is 6.52. The minimum atomic E-state index is -0.112. The van der Waals surface area contributed by atoms with Crippen LogP contribution >= 0.6 is 0 Å². The molecule has 0 heterocycles. The third-order valence-electron chi connectivity index (χ3n) is 1.89. The van der Waals surface area contributed by atoms with Gasteiger partial charge in [-0.05, 0) is 55.4 Å². The van der Waals surface area contributed by atoms with Gasteiger partial charge in [-0.25, -0.2) is 0 Å². The normalized spacial score (nSPS) is 15.8. The largest absolute Gasteiger partial charge is 0.373 e. The molecule has 1 unspecified atom stereocenters. The van der Waals surface area contributed by atoms with E-state index in [4.69, 9.17) is 9.47 Å². The third-order valence-corrected chi connectivity index (χ3v) is 1.89. The molecule has 0 aromatic heterocycles. The highest BCUT2D eigenvalue weighted by Gasteiger charge is 2.25. The number of hydrogen-bond acceptors (Lipinski definition) is 2. The Morgan fingerprint density at radius 1 is 0.867 bits per heavy atom. The second kappa shape index (κ2) is 5.31. The summed E-state index contributed by atoms with van der Waals surface area (Å²) in [7, 11) is 0. The molecule has 15 heavy (non-hydrogen) atoms. The van der Waals surface area contributed by atoms with Crippen LogP contribution in [0.1, 0.15) is 61.8 Å². The topological polar surface area (TPSA) is 18.5 Å². The smallest absolute Gasteiger partial charge is 0.0654 e. The van der Waals surface area contributed by atoms with Crippen molar-refractivity contribution in [3.63, 3.8) is 0 Å². The Kier molecular flexibility index (Phi) is 5.28. The van der Waals surface area contributed by atoms with Crippen LogP contribution in [-0.2, 0) is 9.47 Å². The maximum absolute atomic E-state index is 5.88. The molecule has 2 nitrogen and oxygen atoms in total. The molecular formula is C13H28O2. The summed E-state index contributed by atoms with van der Waals surface area (Å²) < 4.78 is 11.7. The van der Waals surface area contributed by atoms with Crippen molar-refractivity contribution in [2.24, 2.45) is 0 Å². The Bertz CT molecular complexity index is 177. The van der Waals surface area contributed by atoms with Crippen molar-refractivity contribution in [1.29, 1.82) is 0 Å². The minimum Gasteiger partial charge on any atom is -0.373 e. The van der Waals surface area contributed by atoms with Crippen molar-refractivity contribution >= 4 is 0 Å². The molecule has 0 bridgehead atoms. The fourth-order valence-corrected chi connectivity index (χ4v) is 2.02. The zero-order valence-corrected chi connectivity index (χ0v) is 11.7. The van der Waals surface area contributed by atoms with Gasteiger partial charge in [0.05, 0.1) is 23.4 Å². The quantitative estimate of drug-likeness (QED) is 0.696. The average molecular weight is 216 g/mol. The zero-order valence-electron chi connectivity index (χ0n) is 11.7. The summed E-state index contributed by atoms with van der Waals surface area (Å²) in [6.45, 7) is 16.7. The molecule has 0 aliphatic heterocycles. The summed E-state index contributed by atoms with van der Waals surface area (Å²) in [5, 5.41) is 0. The van der Waals surface area contributed by atoms with E-state index in [0.29, 0.717) is 0 Å². The van der Waals surface area contributed by atoms with E-state index in [1.807, 2.05) is 0 Å². The molecule has 0 aliphatic rings. The number of ether oxygens (including phenoxy) is 2. The van der Waals surface area contributed by atoms with Gasteiger partial charge >= 0.3 is 0 Å². The molecule has 0 spiro atoms. The molecule has 0 aromatic rings. The summed E-state index contributed by atoms with van der Waals surface area (Å²) in [5.41, 5.74) is -0.188. The van der Waals surface area contributed by atoms with E-state index >= 15 is 0 Å². The van der Waals surface area contributed by atoms with E-state index < -0.39 is 0 Å². The molecule has 92 valence electrons. The second-order valence-corrected chi connectivity index (χ2v) is 6.17. The van der Waals surface area contributed by atoms with Crippen LogP contribution in [-0.4, -0.2) is 23.4 Å². The van der Waals surface area contributed by atoms with Gasteiger partial charge in [-0.2, -0.15) is 0 Å². The molecule has 1 atom stereocenters. The van der Waals surface area contributed by atoms with Crippen LogP contribution in [0.15, 0.2) is 0 Å². The zero-order chi connectivity index (χ0) is 12.3. The minimum absolute atomic E-state index is 0.0761. The predicted octanol–water partition coefficient (Wildman–Crippen LogP) is 3.78. The summed E-state index contributed by atoms with van der Waals surface area (Å²) >= 11 is 0. The van der Waals surface area contributed by atoms with Gasteiger partial charge in [0.2, 0.25) is 0 Å². The van der Waals surface area contributed by atoms with Gasteiger partial charge in [0.15, 0.2) is 0 Å². The molecule has 0 saturated carbocycles. The van der Waals surface area contributed by atoms with Gasteiger partial charge in [-0.3, -0.25) is 0 Å². The number of rotatable bonds is 5. The van der Waals surface area contributed by atoms with E-state index in [1.54, 1.807) is 0 Å². The lowest BCUT2D eigenvalue weighted by Crippen LogP contribution is -2.35. The highest BCUT2D eigenvalue weighted by molar-refractivity contribution is 4.75. The molecule has 0 radical (unpaired) electrons. The summed E-state index contributed by atoms with van der Waals surface area (Å²) in [6.07, 6.45) is 1.41. The highest BCUT2D eigenvalue weighted by Crippen LogP contribution is 2.23. The van der Waals surface area contributed by atoms with Gasteiger partial charge in [-0.15, -0.1) is 0 Å². The van der Waals surface area contributed by atoms with Crippen molar-refractivity contribution in [2.45, 2.75) is 85.2 Å². The van der Waals surface area contributed by atoms with Crippen LogP contribution in [0.25, 0.3) is 0 Å². The lowest BCUT2D eigenvalue weighted by atomic mass is 10.0. The van der Waals surface area contributed by atoms with Crippen LogP contribution < -0.4 is 0 Å². The van der Waals surface area contributed by atoms with Gasteiger partial charge < -0.3 is 9.47 Å². The second-order valence-electron chi connectivity index (χ2n) is 6.17. The molecular weight excluding hydrogens is 188 g/mol. The van der Waals surface area contributed by atoms with E-state index in [0.717, 1.165) is 6.42 Å². The van der Waals surface area contributed by atoms with E-state index in [-0.39, 0.29) is 23.4 Å². The average Bonchev–Trinajstić information content (AvgIpc) is 1.73. The van der Waals surface area contributed by atoms with Crippen molar-refractivity contribution < 1.29 is 9.47 Å². The Labute approximate surface area is 95.3 Å². The first-order valence-corrected chi connectivity index (χ1v) is 5.87. The summed E-state index contributed by atoms with van der Waals surface area (Å²) in [4.78, 5) is 0. The molecule has 0 amide bonds. The van der Waals surface area contributed by atoms with Crippen LogP contribution in [0.4, 0.5) is 0 Å². The van der Waals surface area contributed by atoms with Crippen LogP contribution in [0.2, 0.25) is 0 Å². The van der Waals surface area contributed by atoms with Gasteiger partial charge in [0, 0.05) is 6.42 Å². The third kappa shape index (κ3) is 8.88. The Morgan fingerprint density at radius 2 is 1.33 bits per heavy atom. The van der Waals surface area contributed by atoms with Gasteiger partial charge in [0.1, 0.15) is 0 Å². The molecule has 0 saturated heterocycles. The fourth-order valence-electron chi connectivity index (χ4n) is 2.02. The Morgan fingerprint density at radius 3 is 1.67 bits per heavy atom.